The van der Waals surface area contributed by atoms with Gasteiger partial charge >= 0.3 is 0 Å². The number of hydrogen-bond acceptors (Lipinski definition) is 4. The highest BCUT2D eigenvalue weighted by atomic mass is 35.5. The van der Waals surface area contributed by atoms with Crippen molar-refractivity contribution in [1.29, 1.82) is 0 Å². The molecule has 1 N–H and O–H groups in total. The van der Waals surface area contributed by atoms with Crippen molar-refractivity contribution in [1.82, 2.24) is 4.98 Å². The van der Waals surface area contributed by atoms with E-state index >= 15 is 4.39 Å². The highest BCUT2D eigenvalue weighted by molar-refractivity contribution is 7.92. The van der Waals surface area contributed by atoms with Gasteiger partial charge < -0.3 is 0 Å². The molecule has 1 heterocycles. The Balaban J connectivity index is 1.71. The molecule has 0 bridgehead atoms. The number of Topliss-reactive ketones (excluding diaryl/α,β-unsaturated/α-hetero) is 1. The van der Waals surface area contributed by atoms with Crippen molar-refractivity contribution < 1.29 is 22.0 Å². The van der Waals surface area contributed by atoms with Gasteiger partial charge in [-0.1, -0.05) is 36.7 Å². The van der Waals surface area contributed by atoms with Crippen LogP contribution < -0.4 is 4.72 Å². The van der Waals surface area contributed by atoms with E-state index in [1.54, 1.807) is 37.4 Å². The Morgan fingerprint density at radius 3 is 2.55 bits per heavy atom. The number of allylic oxidation sites excluding steroid dienone is 2. The highest BCUT2D eigenvalue weighted by Crippen LogP contribution is 2.34. The molecule has 0 radical (unpaired) electrons. The molecule has 0 fully saturated rings. The van der Waals surface area contributed by atoms with Crippen LogP contribution in [0.5, 0.6) is 0 Å². The molecule has 0 amide bonds. The maximum absolute atomic E-state index is 15.1. The lowest BCUT2D eigenvalue weighted by molar-refractivity contribution is 0.105. The maximum atomic E-state index is 15.1. The molecule has 3 aromatic rings. The molecule has 1 aliphatic carbocycles. The molecule has 0 spiro atoms. The molecule has 5 nitrogen and oxygen atoms in total. The fraction of sp³-hybridized carbons (Fsp3) is 0.167. The summed E-state index contributed by atoms with van der Waals surface area (Å²) in [5, 5.41) is 0.579. The Hall–Kier alpha value is -3.10. The zero-order valence-electron chi connectivity index (χ0n) is 17.5. The van der Waals surface area contributed by atoms with E-state index in [0.29, 0.717) is 29.1 Å². The molecule has 0 atom stereocenters. The van der Waals surface area contributed by atoms with Crippen molar-refractivity contribution in [3.63, 3.8) is 0 Å². The summed E-state index contributed by atoms with van der Waals surface area (Å²) in [6, 6.07) is 10.3. The first-order valence-electron chi connectivity index (χ1n) is 10.2. The van der Waals surface area contributed by atoms with Crippen LogP contribution in [0, 0.1) is 11.6 Å². The van der Waals surface area contributed by atoms with Gasteiger partial charge in [0.2, 0.25) is 10.0 Å². The first kappa shape index (κ1) is 23.1. The average molecular weight is 489 g/mol. The molecule has 1 aromatic heterocycles. The minimum atomic E-state index is -3.88. The maximum Gasteiger partial charge on any atom is 0.232 e. The van der Waals surface area contributed by atoms with E-state index in [1.807, 2.05) is 16.9 Å². The van der Waals surface area contributed by atoms with Gasteiger partial charge in [-0.05, 0) is 36.2 Å². The van der Waals surface area contributed by atoms with Gasteiger partial charge in [-0.25, -0.2) is 17.2 Å². The van der Waals surface area contributed by atoms with Crippen LogP contribution >= 0.6 is 11.6 Å². The van der Waals surface area contributed by atoms with Crippen LogP contribution in [-0.4, -0.2) is 24.9 Å². The van der Waals surface area contributed by atoms with Crippen molar-refractivity contribution in [2.45, 2.75) is 19.8 Å². The highest BCUT2D eigenvalue weighted by Gasteiger charge is 2.27. The van der Waals surface area contributed by atoms with Crippen LogP contribution in [0.15, 0.2) is 54.7 Å². The van der Waals surface area contributed by atoms with Crippen molar-refractivity contribution >= 4 is 38.7 Å². The monoisotopic (exact) mass is 488 g/mol. The second kappa shape index (κ2) is 9.03. The summed E-state index contributed by atoms with van der Waals surface area (Å²) in [5.74, 6) is -3.07. The number of carbonyl (C=O) groups excluding carboxylic acids is 1. The number of ketones is 1. The van der Waals surface area contributed by atoms with E-state index in [0.717, 1.165) is 23.3 Å². The Bertz CT molecular complexity index is 1390. The van der Waals surface area contributed by atoms with Gasteiger partial charge in [-0.15, -0.1) is 0 Å². The van der Waals surface area contributed by atoms with Crippen molar-refractivity contribution in [2.75, 3.05) is 10.5 Å². The molecular formula is C24H19ClF2N2O3S. The Labute approximate surface area is 195 Å². The summed E-state index contributed by atoms with van der Waals surface area (Å²) < 4.78 is 55.5. The zero-order valence-corrected chi connectivity index (χ0v) is 19.1. The quantitative estimate of drug-likeness (QED) is 0.436. The van der Waals surface area contributed by atoms with Crippen LogP contribution in [-0.2, 0) is 16.4 Å². The Kier molecular flexibility index (Phi) is 6.32. The molecule has 0 aliphatic heterocycles. The van der Waals surface area contributed by atoms with E-state index in [4.69, 9.17) is 11.6 Å². The second-order valence-electron chi connectivity index (χ2n) is 7.61. The van der Waals surface area contributed by atoms with E-state index in [9.17, 15) is 17.6 Å². The lowest BCUT2D eigenvalue weighted by Gasteiger charge is -2.12. The number of rotatable bonds is 7. The third kappa shape index (κ3) is 4.82. The number of sulfonamides is 1. The number of benzene rings is 2. The summed E-state index contributed by atoms with van der Waals surface area (Å²) >= 11 is 5.95. The fourth-order valence-electron chi connectivity index (χ4n) is 3.67. The molecule has 0 unspecified atom stereocenters. The Morgan fingerprint density at radius 1 is 1.12 bits per heavy atom. The van der Waals surface area contributed by atoms with E-state index in [2.05, 4.69) is 4.98 Å². The molecule has 4 rings (SSSR count). The summed E-state index contributed by atoms with van der Waals surface area (Å²) in [6.45, 7) is 1.65. The predicted octanol–water partition coefficient (Wildman–Crippen LogP) is 5.65. The standard InChI is InChI=1S/C24H19ClF2N2O3S/c1-2-9-33(31,32)29-22-12-17(26)11-20(23(22)27)24(30)18-7-8-21-19(18)10-15(13-28-21)14-3-5-16(25)6-4-14/h3-7,10-13,29H,2,8-9H2,1H3. The SMILES string of the molecule is CCCS(=O)(=O)Nc1cc(F)cc(C(=O)C2=CCc3ncc(-c4ccc(Cl)cc4)cc32)c1F. The average Bonchev–Trinajstić information content (AvgIpc) is 3.19. The van der Waals surface area contributed by atoms with Gasteiger partial charge in [0.15, 0.2) is 11.6 Å². The van der Waals surface area contributed by atoms with Gasteiger partial charge in [-0.2, -0.15) is 0 Å². The van der Waals surface area contributed by atoms with Crippen molar-refractivity contribution in [2.24, 2.45) is 0 Å². The van der Waals surface area contributed by atoms with Crippen LogP contribution in [0.3, 0.4) is 0 Å². The largest absolute Gasteiger partial charge is 0.288 e. The minimum absolute atomic E-state index is 0.181. The van der Waals surface area contributed by atoms with Crippen molar-refractivity contribution in [3.8, 4) is 11.1 Å². The molecule has 2 aromatic carbocycles. The summed E-state index contributed by atoms with van der Waals surface area (Å²) in [7, 11) is -3.88. The first-order valence-corrected chi connectivity index (χ1v) is 12.2. The van der Waals surface area contributed by atoms with Crippen molar-refractivity contribution in [3.05, 3.63) is 88.2 Å². The van der Waals surface area contributed by atoms with Gasteiger partial charge in [0.25, 0.3) is 0 Å². The number of hydrogen-bond donors (Lipinski definition) is 1. The Morgan fingerprint density at radius 2 is 1.85 bits per heavy atom. The number of aromatic nitrogens is 1. The smallest absolute Gasteiger partial charge is 0.232 e. The van der Waals surface area contributed by atoms with Crippen LogP contribution in [0.2, 0.25) is 5.02 Å². The van der Waals surface area contributed by atoms with Gasteiger partial charge in [0.05, 0.1) is 22.7 Å². The lowest BCUT2D eigenvalue weighted by atomic mass is 9.96. The molecule has 33 heavy (non-hydrogen) atoms. The molecule has 0 saturated heterocycles. The summed E-state index contributed by atoms with van der Waals surface area (Å²) in [5.41, 5.74) is 1.75. The van der Waals surface area contributed by atoms with Crippen LogP contribution in [0.25, 0.3) is 16.7 Å². The van der Waals surface area contributed by atoms with Crippen LogP contribution in [0.1, 0.15) is 35.0 Å². The minimum Gasteiger partial charge on any atom is -0.288 e. The topological polar surface area (TPSA) is 76.1 Å². The number of anilines is 1. The second-order valence-corrected chi connectivity index (χ2v) is 9.89. The van der Waals surface area contributed by atoms with E-state index < -0.39 is 38.7 Å². The number of pyridine rings is 1. The van der Waals surface area contributed by atoms with E-state index in [-0.39, 0.29) is 11.3 Å². The number of nitrogens with zero attached hydrogens (tertiary/aromatic N) is 1. The summed E-state index contributed by atoms with van der Waals surface area (Å²) in [4.78, 5) is 17.6. The normalized spacial score (nSPS) is 12.9. The lowest BCUT2D eigenvalue weighted by Crippen LogP contribution is -2.18. The fourth-order valence-corrected chi connectivity index (χ4v) is 4.92. The van der Waals surface area contributed by atoms with Gasteiger partial charge in [0, 0.05) is 40.4 Å². The van der Waals surface area contributed by atoms with Crippen LogP contribution in [0.4, 0.5) is 14.5 Å². The summed E-state index contributed by atoms with van der Waals surface area (Å²) in [6.07, 6.45) is 3.94. The third-order valence-corrected chi connectivity index (χ3v) is 6.93. The first-order chi connectivity index (χ1) is 15.7. The number of halogens is 3. The van der Waals surface area contributed by atoms with E-state index in [1.165, 1.54) is 0 Å². The molecule has 170 valence electrons. The number of fused-ring (bicyclic) bond motifs is 1. The predicted molar refractivity (Wildman–Crippen MR) is 125 cm³/mol. The zero-order chi connectivity index (χ0) is 23.8. The number of nitrogens with one attached hydrogen (secondary N) is 1. The van der Waals surface area contributed by atoms with Gasteiger partial charge in [0.1, 0.15) is 5.82 Å². The number of carbonyl (C=O) groups is 1. The molecular weight excluding hydrogens is 470 g/mol. The molecule has 0 saturated carbocycles. The molecule has 1 aliphatic rings. The third-order valence-electron chi connectivity index (χ3n) is 5.20. The van der Waals surface area contributed by atoms with Gasteiger partial charge in [-0.3, -0.25) is 14.5 Å². The molecule has 9 heteroatoms.